The van der Waals surface area contributed by atoms with Crippen molar-refractivity contribution in [3.05, 3.63) is 70.9 Å². The largest absolute Gasteiger partial charge is 0.465 e. The molecule has 0 saturated carbocycles. The van der Waals surface area contributed by atoms with Crippen LogP contribution in [0.4, 0.5) is 18.9 Å². The van der Waals surface area contributed by atoms with Crippen molar-refractivity contribution < 1.29 is 27.5 Å². The Kier molecular flexibility index (Phi) is 6.78. The minimum atomic E-state index is -4.59. The molecule has 1 N–H and O–H groups in total. The zero-order chi connectivity index (χ0) is 23.5. The van der Waals surface area contributed by atoms with Gasteiger partial charge in [-0.25, -0.2) is 4.79 Å². The molecular weight excluding hydrogens is 423 g/mol. The molecule has 0 spiro atoms. The first-order valence-corrected chi connectivity index (χ1v) is 9.73. The van der Waals surface area contributed by atoms with Crippen molar-refractivity contribution in [2.75, 3.05) is 26.0 Å². The van der Waals surface area contributed by atoms with Crippen LogP contribution in [0.15, 0.2) is 48.5 Å². The third-order valence-corrected chi connectivity index (χ3v) is 4.96. The zero-order valence-electron chi connectivity index (χ0n) is 17.8. The Balaban J connectivity index is 1.81. The molecular formula is C23H22F3N3O3. The van der Waals surface area contributed by atoms with Crippen molar-refractivity contribution in [2.45, 2.75) is 19.6 Å². The predicted molar refractivity (Wildman–Crippen MR) is 114 cm³/mol. The summed E-state index contributed by atoms with van der Waals surface area (Å²) in [6, 6.07) is 12.1. The Morgan fingerprint density at radius 2 is 1.75 bits per heavy atom. The summed E-state index contributed by atoms with van der Waals surface area (Å²) in [6.07, 6.45) is -4.59. The van der Waals surface area contributed by atoms with E-state index < -0.39 is 23.6 Å². The Morgan fingerprint density at radius 1 is 1.09 bits per heavy atom. The summed E-state index contributed by atoms with van der Waals surface area (Å²) in [7, 11) is 2.89. The van der Waals surface area contributed by atoms with Crippen molar-refractivity contribution in [2.24, 2.45) is 0 Å². The number of pyridine rings is 1. The Morgan fingerprint density at radius 3 is 2.44 bits per heavy atom. The maximum atomic E-state index is 13.2. The normalized spacial score (nSPS) is 11.6. The van der Waals surface area contributed by atoms with Crippen LogP contribution in [0, 0.1) is 6.92 Å². The second kappa shape index (κ2) is 9.35. The lowest BCUT2D eigenvalue weighted by atomic mass is 10.0. The summed E-state index contributed by atoms with van der Waals surface area (Å²) in [6.45, 7) is 1.70. The van der Waals surface area contributed by atoms with E-state index in [1.807, 2.05) is 24.3 Å². The SMILES string of the molecule is COC(=O)c1c(CN(C)CC(=O)Nc2ccccc2C(F)(F)F)nc2ccccc2c1C. The van der Waals surface area contributed by atoms with Gasteiger partial charge in [0.2, 0.25) is 5.91 Å². The van der Waals surface area contributed by atoms with E-state index in [-0.39, 0.29) is 18.8 Å². The third-order valence-electron chi connectivity index (χ3n) is 4.96. The number of carbonyl (C=O) groups excluding carboxylic acids is 2. The number of esters is 1. The van der Waals surface area contributed by atoms with Crippen LogP contribution in [-0.4, -0.2) is 42.5 Å². The van der Waals surface area contributed by atoms with E-state index in [2.05, 4.69) is 10.3 Å². The number of rotatable bonds is 6. The molecule has 1 aromatic heterocycles. The number of fused-ring (bicyclic) bond motifs is 1. The van der Waals surface area contributed by atoms with Gasteiger partial charge in [0.1, 0.15) is 0 Å². The van der Waals surface area contributed by atoms with Gasteiger partial charge in [0.05, 0.1) is 41.7 Å². The number of alkyl halides is 3. The molecule has 32 heavy (non-hydrogen) atoms. The number of nitrogens with one attached hydrogen (secondary N) is 1. The fourth-order valence-electron chi connectivity index (χ4n) is 3.51. The van der Waals surface area contributed by atoms with E-state index >= 15 is 0 Å². The van der Waals surface area contributed by atoms with E-state index in [9.17, 15) is 22.8 Å². The van der Waals surface area contributed by atoms with Crippen LogP contribution in [0.5, 0.6) is 0 Å². The summed E-state index contributed by atoms with van der Waals surface area (Å²) in [4.78, 5) is 30.9. The van der Waals surface area contributed by atoms with E-state index in [4.69, 9.17) is 4.74 Å². The first kappa shape index (κ1) is 23.2. The predicted octanol–water partition coefficient (Wildman–Crippen LogP) is 4.42. The van der Waals surface area contributed by atoms with Crippen LogP contribution in [0.25, 0.3) is 10.9 Å². The van der Waals surface area contributed by atoms with Gasteiger partial charge >= 0.3 is 12.1 Å². The number of nitrogens with zero attached hydrogens (tertiary/aromatic N) is 2. The average molecular weight is 445 g/mol. The number of amides is 1. The lowest BCUT2D eigenvalue weighted by Gasteiger charge is -2.20. The summed E-state index contributed by atoms with van der Waals surface area (Å²) in [5, 5.41) is 3.12. The number of carbonyl (C=O) groups is 2. The minimum Gasteiger partial charge on any atom is -0.465 e. The molecule has 3 rings (SSSR count). The van der Waals surface area contributed by atoms with Gasteiger partial charge in [0.15, 0.2) is 0 Å². The summed E-state index contributed by atoms with van der Waals surface area (Å²) >= 11 is 0. The fourth-order valence-corrected chi connectivity index (χ4v) is 3.51. The van der Waals surface area contributed by atoms with Crippen LogP contribution in [0.1, 0.15) is 27.2 Å². The molecule has 6 nitrogen and oxygen atoms in total. The fraction of sp³-hybridized carbons (Fsp3) is 0.261. The number of aromatic nitrogens is 1. The highest BCUT2D eigenvalue weighted by molar-refractivity contribution is 5.98. The number of hydrogen-bond acceptors (Lipinski definition) is 5. The van der Waals surface area contributed by atoms with Crippen molar-refractivity contribution in [3.63, 3.8) is 0 Å². The monoisotopic (exact) mass is 445 g/mol. The maximum Gasteiger partial charge on any atom is 0.418 e. The minimum absolute atomic E-state index is 0.116. The quantitative estimate of drug-likeness (QED) is 0.569. The number of benzene rings is 2. The van der Waals surface area contributed by atoms with Gasteiger partial charge in [0.25, 0.3) is 0 Å². The number of ether oxygens (including phenoxy) is 1. The van der Waals surface area contributed by atoms with Gasteiger partial charge < -0.3 is 10.1 Å². The van der Waals surface area contributed by atoms with Crippen LogP contribution in [-0.2, 0) is 22.3 Å². The van der Waals surface area contributed by atoms with E-state index in [1.54, 1.807) is 18.9 Å². The smallest absolute Gasteiger partial charge is 0.418 e. The standard InChI is InChI=1S/C23H22F3N3O3/c1-14-15-8-4-6-10-17(15)27-19(21(14)22(31)32-3)12-29(2)13-20(30)28-18-11-7-5-9-16(18)23(24,25)26/h4-11H,12-13H2,1-3H3,(H,28,30). The highest BCUT2D eigenvalue weighted by Crippen LogP contribution is 2.34. The number of para-hydroxylation sites is 2. The number of hydrogen-bond donors (Lipinski definition) is 1. The van der Waals surface area contributed by atoms with E-state index in [0.29, 0.717) is 22.3 Å². The van der Waals surface area contributed by atoms with Gasteiger partial charge in [-0.2, -0.15) is 13.2 Å². The second-order valence-electron chi connectivity index (χ2n) is 7.33. The molecule has 9 heteroatoms. The molecule has 0 aliphatic carbocycles. The topological polar surface area (TPSA) is 71.5 Å². The Labute approximate surface area is 183 Å². The highest BCUT2D eigenvalue weighted by Gasteiger charge is 2.33. The van der Waals surface area contributed by atoms with Gasteiger partial charge in [-0.1, -0.05) is 30.3 Å². The van der Waals surface area contributed by atoms with Crippen LogP contribution >= 0.6 is 0 Å². The lowest BCUT2D eigenvalue weighted by Crippen LogP contribution is -2.31. The Bertz CT molecular complexity index is 1160. The van der Waals surface area contributed by atoms with Crippen LogP contribution < -0.4 is 5.32 Å². The Hall–Kier alpha value is -3.46. The number of halogens is 3. The molecule has 0 aliphatic rings. The summed E-state index contributed by atoms with van der Waals surface area (Å²) in [5.74, 6) is -1.17. The van der Waals surface area contributed by atoms with Crippen LogP contribution in [0.3, 0.4) is 0 Å². The van der Waals surface area contributed by atoms with E-state index in [1.165, 1.54) is 25.3 Å². The van der Waals surface area contributed by atoms with Gasteiger partial charge in [0, 0.05) is 11.9 Å². The lowest BCUT2D eigenvalue weighted by molar-refractivity contribution is -0.137. The molecule has 0 atom stereocenters. The van der Waals surface area contributed by atoms with Gasteiger partial charge in [-0.3, -0.25) is 14.7 Å². The third kappa shape index (κ3) is 5.05. The molecule has 3 aromatic rings. The number of methoxy groups -OCH3 is 1. The van der Waals surface area contributed by atoms with Crippen molar-refractivity contribution in [3.8, 4) is 0 Å². The van der Waals surface area contributed by atoms with E-state index in [0.717, 1.165) is 11.5 Å². The molecule has 0 aliphatic heterocycles. The molecule has 2 aromatic carbocycles. The number of anilines is 1. The number of aryl methyl sites for hydroxylation is 1. The second-order valence-corrected chi connectivity index (χ2v) is 7.33. The molecule has 168 valence electrons. The summed E-state index contributed by atoms with van der Waals surface area (Å²) < 4.78 is 44.4. The van der Waals surface area contributed by atoms with Gasteiger partial charge in [-0.15, -0.1) is 0 Å². The van der Waals surface area contributed by atoms with Crippen molar-refractivity contribution in [1.29, 1.82) is 0 Å². The number of likely N-dealkylation sites (N-methyl/N-ethyl adjacent to an activating group) is 1. The first-order chi connectivity index (χ1) is 15.1. The molecule has 1 amide bonds. The highest BCUT2D eigenvalue weighted by atomic mass is 19.4. The van der Waals surface area contributed by atoms with Crippen LogP contribution in [0.2, 0.25) is 0 Å². The molecule has 0 fully saturated rings. The summed E-state index contributed by atoms with van der Waals surface area (Å²) in [5.41, 5.74) is 0.878. The van der Waals surface area contributed by atoms with Crippen molar-refractivity contribution in [1.82, 2.24) is 9.88 Å². The van der Waals surface area contributed by atoms with Crippen molar-refractivity contribution >= 4 is 28.5 Å². The molecule has 0 bridgehead atoms. The van der Waals surface area contributed by atoms with Gasteiger partial charge in [-0.05, 0) is 37.7 Å². The average Bonchev–Trinajstić information content (AvgIpc) is 2.73. The molecule has 0 radical (unpaired) electrons. The molecule has 0 unspecified atom stereocenters. The maximum absolute atomic E-state index is 13.2. The first-order valence-electron chi connectivity index (χ1n) is 9.73. The molecule has 1 heterocycles. The zero-order valence-corrected chi connectivity index (χ0v) is 17.8. The molecule has 0 saturated heterocycles.